The third-order valence-corrected chi connectivity index (χ3v) is 5.14. The van der Waals surface area contributed by atoms with E-state index in [1.165, 1.54) is 0 Å². The van der Waals surface area contributed by atoms with Crippen LogP contribution in [0.5, 0.6) is 0 Å². The number of carbonyl (C=O) groups excluding carboxylic acids is 1. The first-order valence-electron chi connectivity index (χ1n) is 9.18. The van der Waals surface area contributed by atoms with Gasteiger partial charge in [-0.3, -0.25) is 4.79 Å². The molecule has 0 bridgehead atoms. The third kappa shape index (κ3) is 3.58. The number of hydrogen-bond acceptors (Lipinski definition) is 4. The van der Waals surface area contributed by atoms with Crippen molar-refractivity contribution in [2.45, 2.75) is 56.5 Å². The van der Waals surface area contributed by atoms with Crippen molar-refractivity contribution in [1.29, 1.82) is 0 Å². The summed E-state index contributed by atoms with van der Waals surface area (Å²) in [6.45, 7) is 0.268. The summed E-state index contributed by atoms with van der Waals surface area (Å²) < 4.78 is 1.78. The van der Waals surface area contributed by atoms with E-state index in [9.17, 15) is 9.90 Å². The van der Waals surface area contributed by atoms with Crippen molar-refractivity contribution in [2.75, 3.05) is 6.54 Å². The topological polar surface area (TPSA) is 80.0 Å². The zero-order chi connectivity index (χ0) is 17.3. The maximum atomic E-state index is 12.5. The van der Waals surface area contributed by atoms with Crippen LogP contribution in [-0.4, -0.2) is 37.9 Å². The Bertz CT molecular complexity index is 746. The van der Waals surface area contributed by atoms with E-state index in [0.717, 1.165) is 56.5 Å². The summed E-state index contributed by atoms with van der Waals surface area (Å²) in [5, 5.41) is 17.8. The van der Waals surface area contributed by atoms with Crippen LogP contribution in [-0.2, 0) is 0 Å². The molecule has 0 atom stereocenters. The second-order valence-corrected chi connectivity index (χ2v) is 7.28. The van der Waals surface area contributed by atoms with Crippen molar-refractivity contribution < 1.29 is 9.90 Å². The smallest absolute Gasteiger partial charge is 0.291 e. The highest BCUT2D eigenvalue weighted by atomic mass is 16.3. The highest BCUT2D eigenvalue weighted by molar-refractivity contribution is 5.90. The lowest BCUT2D eigenvalue weighted by atomic mass is 9.85. The van der Waals surface area contributed by atoms with E-state index in [1.54, 1.807) is 4.68 Å². The number of para-hydroxylation sites is 1. The fourth-order valence-electron chi connectivity index (χ4n) is 3.50. The Kier molecular flexibility index (Phi) is 4.29. The number of rotatable bonds is 5. The standard InChI is InChI=1S/C19H24N4O2/c24-18(20-13-19(25)11-5-2-6-12-19)16-21-17(14-9-10-14)23(22-16)15-7-3-1-4-8-15/h1,3-4,7-8,14,25H,2,5-6,9-13H2,(H,20,24). The number of hydrogen-bond donors (Lipinski definition) is 2. The van der Waals surface area contributed by atoms with E-state index in [2.05, 4.69) is 15.4 Å². The summed E-state index contributed by atoms with van der Waals surface area (Å²) in [5.74, 6) is 1.12. The van der Waals surface area contributed by atoms with Gasteiger partial charge in [0.15, 0.2) is 0 Å². The van der Waals surface area contributed by atoms with E-state index < -0.39 is 5.60 Å². The van der Waals surface area contributed by atoms with Crippen molar-refractivity contribution in [3.05, 3.63) is 42.0 Å². The second-order valence-electron chi connectivity index (χ2n) is 7.28. The number of aromatic nitrogens is 3. The maximum absolute atomic E-state index is 12.5. The molecule has 1 amide bonds. The normalized spacial score (nSPS) is 19.6. The molecule has 2 aliphatic carbocycles. The van der Waals surface area contributed by atoms with Crippen molar-refractivity contribution in [2.24, 2.45) is 0 Å². The molecule has 6 heteroatoms. The first-order chi connectivity index (χ1) is 12.1. The lowest BCUT2D eigenvalue weighted by molar-refractivity contribution is 0.00516. The molecular formula is C19H24N4O2. The van der Waals surface area contributed by atoms with Crippen molar-refractivity contribution in [1.82, 2.24) is 20.1 Å². The summed E-state index contributed by atoms with van der Waals surface area (Å²) in [4.78, 5) is 17.0. The molecule has 2 aliphatic rings. The number of benzene rings is 1. The Morgan fingerprint density at radius 2 is 1.92 bits per heavy atom. The molecule has 0 unspecified atom stereocenters. The number of aliphatic hydroxyl groups is 1. The Balaban J connectivity index is 1.51. The van der Waals surface area contributed by atoms with Crippen LogP contribution in [0.3, 0.4) is 0 Å². The predicted molar refractivity (Wildman–Crippen MR) is 93.7 cm³/mol. The second kappa shape index (κ2) is 6.59. The number of nitrogens with one attached hydrogen (secondary N) is 1. The molecule has 1 aromatic carbocycles. The van der Waals surface area contributed by atoms with Crippen molar-refractivity contribution in [3.63, 3.8) is 0 Å². The molecule has 4 rings (SSSR count). The lowest BCUT2D eigenvalue weighted by Gasteiger charge is -2.31. The van der Waals surface area contributed by atoms with Crippen molar-refractivity contribution >= 4 is 5.91 Å². The number of nitrogens with zero attached hydrogens (tertiary/aromatic N) is 3. The summed E-state index contributed by atoms with van der Waals surface area (Å²) in [6.07, 6.45) is 6.85. The molecule has 25 heavy (non-hydrogen) atoms. The Morgan fingerprint density at radius 3 is 2.60 bits per heavy atom. The van der Waals surface area contributed by atoms with Gasteiger partial charge >= 0.3 is 0 Å². The molecular weight excluding hydrogens is 316 g/mol. The minimum atomic E-state index is -0.783. The average molecular weight is 340 g/mol. The highest BCUT2D eigenvalue weighted by Crippen LogP contribution is 2.39. The number of amides is 1. The van der Waals surface area contributed by atoms with Crippen LogP contribution in [0.4, 0.5) is 0 Å². The first kappa shape index (κ1) is 16.3. The Labute approximate surface area is 147 Å². The zero-order valence-electron chi connectivity index (χ0n) is 14.3. The van der Waals surface area contributed by atoms with Crippen molar-refractivity contribution in [3.8, 4) is 5.69 Å². The quantitative estimate of drug-likeness (QED) is 0.877. The fraction of sp³-hybridized carbons (Fsp3) is 0.526. The molecule has 0 aliphatic heterocycles. The molecule has 2 fully saturated rings. The fourth-order valence-corrected chi connectivity index (χ4v) is 3.50. The van der Waals surface area contributed by atoms with Gasteiger partial charge in [-0.15, -0.1) is 5.10 Å². The first-order valence-corrected chi connectivity index (χ1v) is 9.18. The lowest BCUT2D eigenvalue weighted by Crippen LogP contribution is -2.44. The predicted octanol–water partition coefficient (Wildman–Crippen LogP) is 2.57. The van der Waals surface area contributed by atoms with Gasteiger partial charge in [0, 0.05) is 12.5 Å². The van der Waals surface area contributed by atoms with Gasteiger partial charge in [0.25, 0.3) is 5.91 Å². The van der Waals surface area contributed by atoms with Gasteiger partial charge in [0.2, 0.25) is 5.82 Å². The van der Waals surface area contributed by atoms with Crippen LogP contribution < -0.4 is 5.32 Å². The number of carbonyl (C=O) groups is 1. The molecule has 2 aromatic rings. The summed E-state index contributed by atoms with van der Waals surface area (Å²) >= 11 is 0. The average Bonchev–Trinajstić information content (AvgIpc) is 3.39. The molecule has 1 heterocycles. The summed E-state index contributed by atoms with van der Waals surface area (Å²) in [5.41, 5.74) is 0.136. The maximum Gasteiger partial charge on any atom is 0.291 e. The van der Waals surface area contributed by atoms with Gasteiger partial charge in [0.05, 0.1) is 11.3 Å². The molecule has 0 radical (unpaired) electrons. The van der Waals surface area contributed by atoms with Crippen LogP contribution in [0.15, 0.2) is 30.3 Å². The molecule has 132 valence electrons. The SMILES string of the molecule is O=C(NCC1(O)CCCCC1)c1nc(C2CC2)n(-c2ccccc2)n1. The van der Waals surface area contributed by atoms with Crippen LogP contribution >= 0.6 is 0 Å². The van der Waals surface area contributed by atoms with Gasteiger partial charge in [-0.25, -0.2) is 9.67 Å². The zero-order valence-corrected chi connectivity index (χ0v) is 14.3. The summed E-state index contributed by atoms with van der Waals surface area (Å²) in [7, 11) is 0. The van der Waals surface area contributed by atoms with Crippen LogP contribution in [0, 0.1) is 0 Å². The Morgan fingerprint density at radius 1 is 1.20 bits per heavy atom. The molecule has 2 saturated carbocycles. The van der Waals surface area contributed by atoms with E-state index in [0.29, 0.717) is 5.92 Å². The molecule has 0 spiro atoms. The van der Waals surface area contributed by atoms with E-state index in [1.807, 2.05) is 30.3 Å². The van der Waals surface area contributed by atoms with E-state index in [4.69, 9.17) is 0 Å². The monoisotopic (exact) mass is 340 g/mol. The molecule has 0 saturated heterocycles. The van der Waals surface area contributed by atoms with Gasteiger partial charge in [0.1, 0.15) is 5.82 Å². The van der Waals surface area contributed by atoms with E-state index in [-0.39, 0.29) is 18.3 Å². The minimum Gasteiger partial charge on any atom is -0.388 e. The molecule has 6 nitrogen and oxygen atoms in total. The molecule has 2 N–H and O–H groups in total. The molecule has 1 aromatic heterocycles. The van der Waals surface area contributed by atoms with Crippen LogP contribution in [0.1, 0.15) is 67.3 Å². The summed E-state index contributed by atoms with van der Waals surface area (Å²) in [6, 6.07) is 9.79. The van der Waals surface area contributed by atoms with Crippen LogP contribution in [0.25, 0.3) is 5.69 Å². The highest BCUT2D eigenvalue weighted by Gasteiger charge is 2.33. The largest absolute Gasteiger partial charge is 0.388 e. The minimum absolute atomic E-state index is 0.185. The Hall–Kier alpha value is -2.21. The van der Waals surface area contributed by atoms with Gasteiger partial charge in [-0.05, 0) is 37.8 Å². The van der Waals surface area contributed by atoms with Crippen LogP contribution in [0.2, 0.25) is 0 Å². The van der Waals surface area contributed by atoms with Gasteiger partial charge in [-0.2, -0.15) is 0 Å². The van der Waals surface area contributed by atoms with Gasteiger partial charge < -0.3 is 10.4 Å². The third-order valence-electron chi connectivity index (χ3n) is 5.14. The van der Waals surface area contributed by atoms with E-state index >= 15 is 0 Å². The van der Waals surface area contributed by atoms with Gasteiger partial charge in [-0.1, -0.05) is 37.5 Å².